The Labute approximate surface area is 121 Å². The fraction of sp³-hybridized carbons (Fsp3) is 0.900. The Morgan fingerprint density at radius 1 is 1.36 bits per heavy atom. The lowest BCUT2D eigenvalue weighted by Crippen LogP contribution is -2.52. The molecule has 128 valence electrons. The van der Waals surface area contributed by atoms with Gasteiger partial charge in [0.15, 0.2) is 0 Å². The molecule has 0 amide bonds. The van der Waals surface area contributed by atoms with Crippen LogP contribution in [-0.2, 0) is 24.4 Å². The number of epoxide rings is 1. The third-order valence-electron chi connectivity index (χ3n) is 3.70. The molecule has 0 aromatic rings. The third-order valence-corrected chi connectivity index (χ3v) is 4.60. The highest BCUT2D eigenvalue weighted by Gasteiger charge is 2.67. The molecule has 2 fully saturated rings. The highest BCUT2D eigenvalue weighted by Crippen LogP contribution is 2.52. The van der Waals surface area contributed by atoms with E-state index in [0.29, 0.717) is 0 Å². The second-order valence-corrected chi connectivity index (χ2v) is 6.95. The molecule has 2 rings (SSSR count). The molecule has 1 heterocycles. The summed E-state index contributed by atoms with van der Waals surface area (Å²) in [5, 5.41) is -5.71. The molecule has 1 N–H and O–H groups in total. The molecule has 22 heavy (non-hydrogen) atoms. The van der Waals surface area contributed by atoms with Crippen molar-refractivity contribution in [3.05, 3.63) is 0 Å². The first-order valence-electron chi connectivity index (χ1n) is 5.98. The molecular weight excluding hydrogens is 343 g/mol. The molecule has 0 aromatic carbocycles. The van der Waals surface area contributed by atoms with E-state index in [9.17, 15) is 35.2 Å². The maximum absolute atomic E-state index is 13.2. The number of halogens is 5. The zero-order valence-electron chi connectivity index (χ0n) is 10.9. The van der Waals surface area contributed by atoms with Gasteiger partial charge in [-0.25, -0.2) is 0 Å². The minimum Gasteiger partial charge on any atom is -0.444 e. The van der Waals surface area contributed by atoms with Gasteiger partial charge in [0.1, 0.15) is 0 Å². The van der Waals surface area contributed by atoms with Crippen molar-refractivity contribution in [2.24, 2.45) is 5.92 Å². The van der Waals surface area contributed by atoms with Crippen LogP contribution in [0.1, 0.15) is 19.8 Å². The molecule has 0 radical (unpaired) electrons. The summed E-state index contributed by atoms with van der Waals surface area (Å²) in [4.78, 5) is 11.6. The van der Waals surface area contributed by atoms with Crippen molar-refractivity contribution in [2.75, 3.05) is 0 Å². The van der Waals surface area contributed by atoms with Crippen LogP contribution in [0, 0.1) is 5.92 Å². The molecule has 1 aliphatic heterocycles. The predicted octanol–water partition coefficient (Wildman–Crippen LogP) is 1.51. The number of ether oxygens (including phenoxy) is 2. The fourth-order valence-corrected chi connectivity index (χ4v) is 2.90. The Hall–Kier alpha value is -1.01. The van der Waals surface area contributed by atoms with Gasteiger partial charge in [0.2, 0.25) is 0 Å². The number of fused-ring (bicyclic) bond motifs is 1. The Morgan fingerprint density at radius 3 is 2.27 bits per heavy atom. The second-order valence-electron chi connectivity index (χ2n) is 5.45. The first-order chi connectivity index (χ1) is 9.68. The van der Waals surface area contributed by atoms with Gasteiger partial charge < -0.3 is 9.47 Å². The molecule has 6 nitrogen and oxygen atoms in total. The number of hydrogen-bond acceptors (Lipinski definition) is 5. The van der Waals surface area contributed by atoms with Crippen LogP contribution in [0.5, 0.6) is 0 Å². The van der Waals surface area contributed by atoms with Crippen molar-refractivity contribution in [1.29, 1.82) is 0 Å². The van der Waals surface area contributed by atoms with Gasteiger partial charge in [-0.1, -0.05) is 0 Å². The lowest BCUT2D eigenvalue weighted by Gasteiger charge is -2.27. The number of hydrogen-bond donors (Lipinski definition) is 1. The van der Waals surface area contributed by atoms with Gasteiger partial charge in [-0.15, -0.1) is 0 Å². The van der Waals surface area contributed by atoms with Gasteiger partial charge in [-0.3, -0.25) is 9.35 Å². The minimum atomic E-state index is -6.42. The highest BCUT2D eigenvalue weighted by atomic mass is 32.2. The van der Waals surface area contributed by atoms with Gasteiger partial charge in [-0.2, -0.15) is 30.4 Å². The molecule has 0 spiro atoms. The van der Waals surface area contributed by atoms with Crippen LogP contribution in [0.3, 0.4) is 0 Å². The normalized spacial score (nSPS) is 33.2. The first-order valence-corrected chi connectivity index (χ1v) is 7.42. The fourth-order valence-electron chi connectivity index (χ4n) is 2.45. The van der Waals surface area contributed by atoms with Crippen LogP contribution in [0.2, 0.25) is 0 Å². The van der Waals surface area contributed by atoms with Crippen molar-refractivity contribution in [3.8, 4) is 0 Å². The summed E-state index contributed by atoms with van der Waals surface area (Å²) in [6.45, 7) is 1.60. The van der Waals surface area contributed by atoms with Crippen LogP contribution < -0.4 is 0 Å². The van der Waals surface area contributed by atoms with E-state index < -0.39 is 45.1 Å². The summed E-state index contributed by atoms with van der Waals surface area (Å²) < 4.78 is 102. The van der Waals surface area contributed by atoms with Crippen LogP contribution >= 0.6 is 0 Å². The largest absolute Gasteiger partial charge is 0.444 e. The van der Waals surface area contributed by atoms with Crippen LogP contribution in [0.15, 0.2) is 0 Å². The molecule has 2 aliphatic rings. The molecule has 4 atom stereocenters. The standard InChI is InChI=1S/C10H11F5O6S/c1-8-3-4(2-5(8)21-8)6(16)20-7(9(11,12)13)10(14,15)22(17,18)19/h4-5,7H,2-3H2,1H3,(H,17,18,19). The maximum atomic E-state index is 13.2. The van der Waals surface area contributed by atoms with Crippen molar-refractivity contribution < 1.29 is 49.2 Å². The number of rotatable bonds is 4. The van der Waals surface area contributed by atoms with Gasteiger partial charge in [0.25, 0.3) is 6.10 Å². The Kier molecular flexibility index (Phi) is 3.74. The monoisotopic (exact) mass is 354 g/mol. The van der Waals surface area contributed by atoms with E-state index in [2.05, 4.69) is 4.74 Å². The molecule has 0 aromatic heterocycles. The zero-order chi connectivity index (χ0) is 17.1. The quantitative estimate of drug-likeness (QED) is 0.356. The van der Waals surface area contributed by atoms with E-state index in [4.69, 9.17) is 9.29 Å². The molecular formula is C10H11F5O6S. The summed E-state index contributed by atoms with van der Waals surface area (Å²) in [6.07, 6.45) is -10.5. The van der Waals surface area contributed by atoms with Crippen molar-refractivity contribution >= 4 is 16.1 Å². The lowest BCUT2D eigenvalue weighted by molar-refractivity contribution is -0.260. The molecule has 4 unspecified atom stereocenters. The smallest absolute Gasteiger partial charge is 0.432 e. The predicted molar refractivity (Wildman–Crippen MR) is 58.4 cm³/mol. The van der Waals surface area contributed by atoms with Gasteiger partial charge in [-0.05, 0) is 19.8 Å². The van der Waals surface area contributed by atoms with Crippen LogP contribution in [-0.4, -0.2) is 48.2 Å². The average Bonchev–Trinajstić information content (AvgIpc) is 2.80. The second kappa shape index (κ2) is 4.74. The summed E-state index contributed by atoms with van der Waals surface area (Å²) in [7, 11) is -6.42. The van der Waals surface area contributed by atoms with Gasteiger partial charge >= 0.3 is 27.5 Å². The van der Waals surface area contributed by atoms with E-state index in [0.717, 1.165) is 0 Å². The zero-order valence-corrected chi connectivity index (χ0v) is 11.7. The average molecular weight is 354 g/mol. The molecule has 1 saturated heterocycles. The molecule has 1 saturated carbocycles. The van der Waals surface area contributed by atoms with Crippen molar-refractivity contribution in [3.63, 3.8) is 0 Å². The minimum absolute atomic E-state index is 0.00262. The van der Waals surface area contributed by atoms with E-state index in [1.807, 2.05) is 0 Å². The topological polar surface area (TPSA) is 93.2 Å². The maximum Gasteiger partial charge on any atom is 0.432 e. The first kappa shape index (κ1) is 17.3. The van der Waals surface area contributed by atoms with Crippen molar-refractivity contribution in [1.82, 2.24) is 0 Å². The summed E-state index contributed by atoms with van der Waals surface area (Å²) in [5.41, 5.74) is -0.691. The molecule has 12 heteroatoms. The summed E-state index contributed by atoms with van der Waals surface area (Å²) in [5.74, 6) is -2.71. The van der Waals surface area contributed by atoms with Crippen LogP contribution in [0.4, 0.5) is 22.0 Å². The van der Waals surface area contributed by atoms with Crippen LogP contribution in [0.25, 0.3) is 0 Å². The number of carbonyl (C=O) groups excluding carboxylic acids is 1. The SMILES string of the molecule is CC12CC(C(=O)OC(C(F)(F)F)C(F)(F)S(=O)(=O)O)CC1O2. The van der Waals surface area contributed by atoms with Crippen molar-refractivity contribution in [2.45, 2.75) is 49.0 Å². The highest BCUT2D eigenvalue weighted by molar-refractivity contribution is 7.86. The van der Waals surface area contributed by atoms with E-state index in [1.54, 1.807) is 6.92 Å². The third kappa shape index (κ3) is 2.91. The Bertz CT molecular complexity index is 587. The van der Waals surface area contributed by atoms with E-state index in [-0.39, 0.29) is 18.9 Å². The number of esters is 1. The molecule has 0 bridgehead atoms. The van der Waals surface area contributed by atoms with E-state index >= 15 is 0 Å². The number of carbonyl (C=O) groups is 1. The summed E-state index contributed by atoms with van der Waals surface area (Å²) >= 11 is 0. The van der Waals surface area contributed by atoms with Gasteiger partial charge in [0.05, 0.1) is 17.6 Å². The van der Waals surface area contributed by atoms with Gasteiger partial charge in [0, 0.05) is 0 Å². The Balaban J connectivity index is 2.16. The lowest BCUT2D eigenvalue weighted by atomic mass is 10.1. The van der Waals surface area contributed by atoms with E-state index in [1.165, 1.54) is 0 Å². The molecule has 1 aliphatic carbocycles. The summed E-state index contributed by atoms with van der Waals surface area (Å²) in [6, 6.07) is 0. The Morgan fingerprint density at radius 2 is 1.91 bits per heavy atom. The number of alkyl halides is 5.